The Morgan fingerprint density at radius 3 is 2.27 bits per heavy atom. The monoisotopic (exact) mass is 372 g/mol. The van der Waals surface area contributed by atoms with Gasteiger partial charge in [0.25, 0.3) is 11.8 Å². The summed E-state index contributed by atoms with van der Waals surface area (Å²) < 4.78 is 5.25. The van der Waals surface area contributed by atoms with Gasteiger partial charge in [0, 0.05) is 6.54 Å². The number of fused-ring (bicyclic) bond motifs is 1. The molecule has 1 aliphatic rings. The fourth-order valence-corrected chi connectivity index (χ4v) is 3.51. The summed E-state index contributed by atoms with van der Waals surface area (Å²) in [6.45, 7) is 5.39. The van der Waals surface area contributed by atoms with Crippen LogP contribution in [0, 0.1) is 0 Å². The maximum atomic E-state index is 12.8. The molecule has 1 aromatic carbocycles. The molecule has 26 heavy (non-hydrogen) atoms. The first-order valence-electron chi connectivity index (χ1n) is 8.24. The van der Waals surface area contributed by atoms with E-state index in [-0.39, 0.29) is 18.4 Å². The average Bonchev–Trinajstić information content (AvgIpc) is 3.17. The Bertz CT molecular complexity index is 804. The number of nitrogens with one attached hydrogen (secondary N) is 1. The van der Waals surface area contributed by atoms with Crippen LogP contribution in [-0.2, 0) is 4.74 Å². The molecule has 0 bridgehead atoms. The number of thiophene rings is 1. The smallest absolute Gasteiger partial charge is 0.407 e. The van der Waals surface area contributed by atoms with Crippen LogP contribution in [0.3, 0.4) is 0 Å². The molecule has 7 heteroatoms. The zero-order chi connectivity index (χ0) is 18.9. The van der Waals surface area contributed by atoms with Crippen molar-refractivity contribution in [2.75, 3.05) is 6.54 Å². The number of hydrogen-bond donors (Lipinski definition) is 1. The normalized spacial score (nSPS) is 15.0. The van der Waals surface area contributed by atoms with Gasteiger partial charge in [-0.1, -0.05) is 12.1 Å². The Kier molecular flexibility index (Phi) is 4.82. The van der Waals surface area contributed by atoms with Gasteiger partial charge in [0.1, 0.15) is 5.60 Å². The van der Waals surface area contributed by atoms with Gasteiger partial charge in [0.2, 0.25) is 0 Å². The number of carbonyl (C=O) groups is 3. The predicted octanol–water partition coefficient (Wildman–Crippen LogP) is 3.61. The van der Waals surface area contributed by atoms with Crippen molar-refractivity contribution >= 4 is 29.2 Å². The molecule has 136 valence electrons. The quantitative estimate of drug-likeness (QED) is 0.832. The molecule has 1 atom stereocenters. The molecule has 3 amide bonds. The lowest BCUT2D eigenvalue weighted by atomic mass is 10.1. The summed E-state index contributed by atoms with van der Waals surface area (Å²) >= 11 is 1.46. The van der Waals surface area contributed by atoms with E-state index in [0.29, 0.717) is 11.1 Å². The van der Waals surface area contributed by atoms with E-state index in [1.807, 2.05) is 16.8 Å². The molecule has 3 rings (SSSR count). The Balaban J connectivity index is 1.84. The number of benzene rings is 1. The van der Waals surface area contributed by atoms with Crippen molar-refractivity contribution in [3.63, 3.8) is 0 Å². The second kappa shape index (κ2) is 6.92. The average molecular weight is 372 g/mol. The first-order chi connectivity index (χ1) is 12.3. The van der Waals surface area contributed by atoms with Crippen molar-refractivity contribution in [1.29, 1.82) is 0 Å². The maximum absolute atomic E-state index is 12.8. The van der Waals surface area contributed by atoms with Crippen LogP contribution < -0.4 is 5.32 Å². The third kappa shape index (κ3) is 3.62. The summed E-state index contributed by atoms with van der Waals surface area (Å²) in [5.74, 6) is -0.708. The number of ether oxygens (including phenoxy) is 1. The maximum Gasteiger partial charge on any atom is 0.407 e. The molecule has 1 aliphatic heterocycles. The topological polar surface area (TPSA) is 75.7 Å². The fraction of sp³-hybridized carbons (Fsp3) is 0.316. The summed E-state index contributed by atoms with van der Waals surface area (Å²) in [7, 11) is 0. The van der Waals surface area contributed by atoms with Gasteiger partial charge in [-0.2, -0.15) is 11.3 Å². The fourth-order valence-electron chi connectivity index (χ4n) is 2.81. The molecule has 2 aromatic rings. The van der Waals surface area contributed by atoms with E-state index in [1.165, 1.54) is 16.2 Å². The Hall–Kier alpha value is -2.67. The first kappa shape index (κ1) is 18.1. The number of nitrogens with zero attached hydrogens (tertiary/aromatic N) is 1. The van der Waals surface area contributed by atoms with E-state index in [4.69, 9.17) is 4.74 Å². The minimum absolute atomic E-state index is 0.0805. The molecular formula is C19H20N2O4S. The van der Waals surface area contributed by atoms with Crippen LogP contribution >= 0.6 is 11.3 Å². The Morgan fingerprint density at radius 2 is 1.77 bits per heavy atom. The van der Waals surface area contributed by atoms with E-state index in [9.17, 15) is 14.4 Å². The number of rotatable bonds is 4. The highest BCUT2D eigenvalue weighted by molar-refractivity contribution is 7.08. The SMILES string of the molecule is CC(C)(C)OC(=O)NCC(c1ccsc1)N1C(=O)c2ccccc2C1=O. The zero-order valence-electron chi connectivity index (χ0n) is 14.8. The van der Waals surface area contributed by atoms with Crippen molar-refractivity contribution in [3.8, 4) is 0 Å². The van der Waals surface area contributed by atoms with Gasteiger partial charge in [-0.15, -0.1) is 0 Å². The number of amides is 3. The summed E-state index contributed by atoms with van der Waals surface area (Å²) in [5.41, 5.74) is 0.933. The standard InChI is InChI=1S/C19H20N2O4S/c1-19(2,3)25-18(24)20-10-15(12-8-9-26-11-12)21-16(22)13-6-4-5-7-14(13)17(21)23/h4-9,11,15H,10H2,1-3H3,(H,20,24). The lowest BCUT2D eigenvalue weighted by Crippen LogP contribution is -2.42. The van der Waals surface area contributed by atoms with E-state index in [1.54, 1.807) is 45.0 Å². The van der Waals surface area contributed by atoms with E-state index >= 15 is 0 Å². The second-order valence-corrected chi connectivity index (χ2v) is 7.76. The lowest BCUT2D eigenvalue weighted by Gasteiger charge is -2.27. The highest BCUT2D eigenvalue weighted by Gasteiger charge is 2.40. The van der Waals surface area contributed by atoms with Crippen molar-refractivity contribution in [2.45, 2.75) is 32.4 Å². The van der Waals surface area contributed by atoms with Crippen LogP contribution in [-0.4, -0.2) is 35.0 Å². The molecule has 0 spiro atoms. The van der Waals surface area contributed by atoms with Gasteiger partial charge >= 0.3 is 6.09 Å². The van der Waals surface area contributed by atoms with Gasteiger partial charge in [-0.25, -0.2) is 4.79 Å². The zero-order valence-corrected chi connectivity index (χ0v) is 15.6. The molecule has 0 saturated carbocycles. The molecule has 0 saturated heterocycles. The summed E-state index contributed by atoms with van der Waals surface area (Å²) in [6.07, 6.45) is -0.589. The van der Waals surface area contributed by atoms with Crippen LogP contribution in [0.25, 0.3) is 0 Å². The van der Waals surface area contributed by atoms with Gasteiger partial charge in [0.15, 0.2) is 0 Å². The highest BCUT2D eigenvalue weighted by Crippen LogP contribution is 2.32. The molecular weight excluding hydrogens is 352 g/mol. The van der Waals surface area contributed by atoms with Crippen molar-refractivity contribution in [3.05, 3.63) is 57.8 Å². The molecule has 0 fully saturated rings. The van der Waals surface area contributed by atoms with E-state index < -0.39 is 17.7 Å². The summed E-state index contributed by atoms with van der Waals surface area (Å²) in [5, 5.41) is 6.40. The van der Waals surface area contributed by atoms with Crippen LogP contribution in [0.5, 0.6) is 0 Å². The van der Waals surface area contributed by atoms with Crippen LogP contribution in [0.4, 0.5) is 4.79 Å². The highest BCUT2D eigenvalue weighted by atomic mass is 32.1. The summed E-state index contributed by atoms with van der Waals surface area (Å²) in [4.78, 5) is 38.8. The third-order valence-corrected chi connectivity index (χ3v) is 4.61. The largest absolute Gasteiger partial charge is 0.444 e. The molecule has 6 nitrogen and oxygen atoms in total. The molecule has 1 unspecified atom stereocenters. The third-order valence-electron chi connectivity index (χ3n) is 3.90. The summed E-state index contributed by atoms with van der Waals surface area (Å²) in [6, 6.07) is 7.98. The van der Waals surface area contributed by atoms with Crippen LogP contribution in [0.1, 0.15) is 53.1 Å². The van der Waals surface area contributed by atoms with Crippen LogP contribution in [0.15, 0.2) is 41.1 Å². The number of alkyl carbamates (subject to hydrolysis) is 1. The minimum atomic E-state index is -0.627. The van der Waals surface area contributed by atoms with Gasteiger partial charge in [-0.05, 0) is 55.3 Å². The second-order valence-electron chi connectivity index (χ2n) is 6.98. The lowest BCUT2D eigenvalue weighted by molar-refractivity contribution is 0.0467. The molecule has 1 N–H and O–H groups in total. The molecule has 0 aliphatic carbocycles. The van der Waals surface area contributed by atoms with Gasteiger partial charge in [-0.3, -0.25) is 14.5 Å². The van der Waals surface area contributed by atoms with Crippen molar-refractivity contribution in [1.82, 2.24) is 10.2 Å². The molecule has 2 heterocycles. The van der Waals surface area contributed by atoms with Gasteiger partial charge < -0.3 is 10.1 Å². The Labute approximate surface area is 155 Å². The van der Waals surface area contributed by atoms with Crippen molar-refractivity contribution in [2.24, 2.45) is 0 Å². The molecule has 0 radical (unpaired) electrons. The molecule has 1 aromatic heterocycles. The number of hydrogen-bond acceptors (Lipinski definition) is 5. The van der Waals surface area contributed by atoms with Gasteiger partial charge in [0.05, 0.1) is 17.2 Å². The van der Waals surface area contributed by atoms with Crippen LogP contribution in [0.2, 0.25) is 0 Å². The van der Waals surface area contributed by atoms with E-state index in [0.717, 1.165) is 5.56 Å². The number of carbonyl (C=O) groups excluding carboxylic acids is 3. The number of imide groups is 1. The van der Waals surface area contributed by atoms with Crippen molar-refractivity contribution < 1.29 is 19.1 Å². The Morgan fingerprint density at radius 1 is 1.15 bits per heavy atom. The first-order valence-corrected chi connectivity index (χ1v) is 9.18. The predicted molar refractivity (Wildman–Crippen MR) is 98.2 cm³/mol. The van der Waals surface area contributed by atoms with E-state index in [2.05, 4.69) is 5.32 Å². The minimum Gasteiger partial charge on any atom is -0.444 e.